The zero-order chi connectivity index (χ0) is 8.48. The zero-order valence-electron chi connectivity index (χ0n) is 7.65. The molecular weight excluding hydrogens is 133 g/mol. The average Bonchev–Trinajstić information content (AvgIpc) is 1.98. The number of allylic oxidation sites excluding steroid dienone is 2. The normalized spacial score (nSPS) is 23.9. The van der Waals surface area contributed by atoms with Crippen molar-refractivity contribution < 1.29 is 0 Å². The highest BCUT2D eigenvalue weighted by atomic mass is 15.0. The third-order valence-corrected chi connectivity index (χ3v) is 2.22. The van der Waals surface area contributed by atoms with Crippen molar-refractivity contribution in [1.82, 2.24) is 5.32 Å². The van der Waals surface area contributed by atoms with Crippen LogP contribution in [0.4, 0.5) is 0 Å². The molecule has 0 aromatic heterocycles. The van der Waals surface area contributed by atoms with Gasteiger partial charge in [0.1, 0.15) is 0 Å². The van der Waals surface area contributed by atoms with Crippen LogP contribution in [0, 0.1) is 5.92 Å². The first-order valence-corrected chi connectivity index (χ1v) is 4.23. The van der Waals surface area contributed by atoms with Crippen molar-refractivity contribution in [3.05, 3.63) is 11.8 Å². The summed E-state index contributed by atoms with van der Waals surface area (Å²) in [5.41, 5.74) is 1.42. The van der Waals surface area contributed by atoms with Crippen LogP contribution in [-0.4, -0.2) is 13.4 Å². The highest BCUT2D eigenvalue weighted by molar-refractivity contribution is 6.09. The molecular formula is C9H16BN. The minimum atomic E-state index is 0.0561. The first-order valence-electron chi connectivity index (χ1n) is 4.23. The van der Waals surface area contributed by atoms with Crippen LogP contribution in [0.25, 0.3) is 0 Å². The predicted octanol–water partition coefficient (Wildman–Crippen LogP) is 1.87. The Bertz CT molecular complexity index is 172. The summed E-state index contributed by atoms with van der Waals surface area (Å²) in [6, 6.07) is 0. The summed E-state index contributed by atoms with van der Waals surface area (Å²) in [5, 5.41) is 3.43. The van der Waals surface area contributed by atoms with Crippen molar-refractivity contribution >= 4 is 7.85 Å². The van der Waals surface area contributed by atoms with Gasteiger partial charge in [0.15, 0.2) is 0 Å². The molecule has 0 aromatic carbocycles. The molecule has 1 rings (SSSR count). The summed E-state index contributed by atoms with van der Waals surface area (Å²) in [7, 11) is 5.59. The van der Waals surface area contributed by atoms with Crippen molar-refractivity contribution in [3.63, 3.8) is 0 Å². The maximum Gasteiger partial charge on any atom is 0.0684 e. The standard InChI is InChI=1S/C9H16BN/c1-7-4-5-8(7)11-9(2,3)6-10/h5,7,11H,4,6H2,1-3H3. The Kier molecular flexibility index (Phi) is 2.31. The van der Waals surface area contributed by atoms with Crippen LogP contribution < -0.4 is 5.32 Å². The lowest BCUT2D eigenvalue weighted by Gasteiger charge is -2.34. The third kappa shape index (κ3) is 2.01. The van der Waals surface area contributed by atoms with E-state index >= 15 is 0 Å². The molecule has 1 N–H and O–H groups in total. The molecule has 0 saturated heterocycles. The van der Waals surface area contributed by atoms with Crippen LogP contribution in [0.1, 0.15) is 27.2 Å². The molecule has 0 heterocycles. The number of nitrogens with one attached hydrogen (secondary N) is 1. The molecule has 2 radical (unpaired) electrons. The van der Waals surface area contributed by atoms with Gasteiger partial charge < -0.3 is 5.32 Å². The van der Waals surface area contributed by atoms with Crippen molar-refractivity contribution in [2.75, 3.05) is 0 Å². The smallest absolute Gasteiger partial charge is 0.0684 e. The predicted molar refractivity (Wildman–Crippen MR) is 49.6 cm³/mol. The van der Waals surface area contributed by atoms with E-state index in [0.29, 0.717) is 12.2 Å². The van der Waals surface area contributed by atoms with Crippen molar-refractivity contribution in [3.8, 4) is 0 Å². The highest BCUT2D eigenvalue weighted by Crippen LogP contribution is 2.26. The molecule has 0 amide bonds. The van der Waals surface area contributed by atoms with Gasteiger partial charge in [0.2, 0.25) is 0 Å². The summed E-state index contributed by atoms with van der Waals surface area (Å²) in [4.78, 5) is 0. The zero-order valence-corrected chi connectivity index (χ0v) is 7.65. The quantitative estimate of drug-likeness (QED) is 0.604. The third-order valence-electron chi connectivity index (χ3n) is 2.22. The van der Waals surface area contributed by atoms with E-state index in [9.17, 15) is 0 Å². The van der Waals surface area contributed by atoms with Gasteiger partial charge in [-0.1, -0.05) is 19.3 Å². The second kappa shape index (κ2) is 2.92. The van der Waals surface area contributed by atoms with Gasteiger partial charge in [-0.05, 0) is 26.2 Å². The van der Waals surface area contributed by atoms with E-state index in [2.05, 4.69) is 32.2 Å². The molecule has 0 saturated carbocycles. The Hall–Kier alpha value is -0.395. The lowest BCUT2D eigenvalue weighted by Crippen LogP contribution is -2.41. The largest absolute Gasteiger partial charge is 0.384 e. The average molecular weight is 149 g/mol. The van der Waals surface area contributed by atoms with Crippen molar-refractivity contribution in [2.24, 2.45) is 5.92 Å². The van der Waals surface area contributed by atoms with Crippen molar-refractivity contribution in [2.45, 2.75) is 39.1 Å². The molecule has 0 aliphatic heterocycles. The first-order chi connectivity index (χ1) is 5.05. The molecule has 0 spiro atoms. The van der Waals surface area contributed by atoms with E-state index in [1.54, 1.807) is 0 Å². The van der Waals surface area contributed by atoms with E-state index in [-0.39, 0.29) is 5.54 Å². The maximum absolute atomic E-state index is 5.59. The van der Waals surface area contributed by atoms with Gasteiger partial charge >= 0.3 is 0 Å². The van der Waals surface area contributed by atoms with Crippen LogP contribution in [0.15, 0.2) is 11.8 Å². The van der Waals surface area contributed by atoms with Crippen LogP contribution >= 0.6 is 0 Å². The molecule has 1 aliphatic carbocycles. The van der Waals surface area contributed by atoms with Crippen LogP contribution in [0.2, 0.25) is 6.32 Å². The minimum Gasteiger partial charge on any atom is -0.384 e. The van der Waals surface area contributed by atoms with Crippen LogP contribution in [0.3, 0.4) is 0 Å². The number of hydrogen-bond acceptors (Lipinski definition) is 1. The van der Waals surface area contributed by atoms with E-state index in [1.807, 2.05) is 0 Å². The first kappa shape index (κ1) is 8.70. The van der Waals surface area contributed by atoms with Gasteiger partial charge in [-0.3, -0.25) is 0 Å². The Labute approximate surface area is 70.7 Å². The van der Waals surface area contributed by atoms with Crippen LogP contribution in [-0.2, 0) is 0 Å². The Balaban J connectivity index is 2.42. The summed E-state index contributed by atoms with van der Waals surface area (Å²) in [6.07, 6.45) is 4.13. The number of rotatable bonds is 3. The minimum absolute atomic E-state index is 0.0561. The fourth-order valence-electron chi connectivity index (χ4n) is 1.09. The van der Waals surface area contributed by atoms with E-state index in [4.69, 9.17) is 7.85 Å². The molecule has 11 heavy (non-hydrogen) atoms. The summed E-state index contributed by atoms with van der Waals surface area (Å²) in [5.74, 6) is 0.709. The molecule has 1 atom stereocenters. The fourth-order valence-corrected chi connectivity index (χ4v) is 1.09. The monoisotopic (exact) mass is 149 g/mol. The summed E-state index contributed by atoms with van der Waals surface area (Å²) >= 11 is 0. The maximum atomic E-state index is 5.59. The van der Waals surface area contributed by atoms with E-state index in [1.165, 1.54) is 12.1 Å². The van der Waals surface area contributed by atoms with Gasteiger partial charge in [-0.25, -0.2) is 0 Å². The topological polar surface area (TPSA) is 12.0 Å². The summed E-state index contributed by atoms with van der Waals surface area (Å²) in [6.45, 7) is 6.48. The lowest BCUT2D eigenvalue weighted by atomic mass is 9.84. The van der Waals surface area contributed by atoms with E-state index < -0.39 is 0 Å². The van der Waals surface area contributed by atoms with Gasteiger partial charge in [0.05, 0.1) is 7.85 Å². The van der Waals surface area contributed by atoms with Gasteiger partial charge in [-0.15, -0.1) is 0 Å². The van der Waals surface area contributed by atoms with Gasteiger partial charge in [0, 0.05) is 11.2 Å². The molecule has 60 valence electrons. The molecule has 1 aliphatic rings. The Morgan fingerprint density at radius 2 is 2.36 bits per heavy atom. The molecule has 0 aromatic rings. The highest BCUT2D eigenvalue weighted by Gasteiger charge is 2.22. The Morgan fingerprint density at radius 1 is 1.73 bits per heavy atom. The van der Waals surface area contributed by atoms with Gasteiger partial charge in [-0.2, -0.15) is 0 Å². The second-order valence-corrected chi connectivity index (χ2v) is 4.01. The fraction of sp³-hybridized carbons (Fsp3) is 0.778. The van der Waals surface area contributed by atoms with Crippen molar-refractivity contribution in [1.29, 1.82) is 0 Å². The Morgan fingerprint density at radius 3 is 2.64 bits per heavy atom. The molecule has 0 fully saturated rings. The molecule has 1 unspecified atom stereocenters. The van der Waals surface area contributed by atoms with Crippen LogP contribution in [0.5, 0.6) is 0 Å². The summed E-state index contributed by atoms with van der Waals surface area (Å²) < 4.78 is 0. The van der Waals surface area contributed by atoms with E-state index in [0.717, 1.165) is 0 Å². The molecule has 2 heteroatoms. The molecule has 0 bridgehead atoms. The van der Waals surface area contributed by atoms with Gasteiger partial charge in [0.25, 0.3) is 0 Å². The lowest BCUT2D eigenvalue weighted by molar-refractivity contribution is 0.415. The number of hydrogen-bond donors (Lipinski definition) is 1. The SMILES string of the molecule is [B]CC(C)(C)NC1=CCC1C. The molecule has 1 nitrogen and oxygen atoms in total. The second-order valence-electron chi connectivity index (χ2n) is 4.01.